The van der Waals surface area contributed by atoms with Crippen LogP contribution in [0.15, 0.2) is 0 Å². The van der Waals surface area contributed by atoms with Gasteiger partial charge < -0.3 is 4.74 Å². The molecule has 2 fully saturated rings. The van der Waals surface area contributed by atoms with Crippen molar-refractivity contribution in [1.29, 1.82) is 0 Å². The van der Waals surface area contributed by atoms with Crippen molar-refractivity contribution in [3.05, 3.63) is 6.61 Å². The first-order valence-electron chi connectivity index (χ1n) is 3.87. The van der Waals surface area contributed by atoms with E-state index in [2.05, 4.69) is 6.61 Å². The fourth-order valence-corrected chi connectivity index (χ4v) is 1.84. The van der Waals surface area contributed by atoms with Crippen molar-refractivity contribution in [2.45, 2.75) is 32.1 Å². The fraction of sp³-hybridized carbons (Fsp3) is 0.875. The summed E-state index contributed by atoms with van der Waals surface area (Å²) in [5.74, 6) is 0. The molecule has 0 amide bonds. The van der Waals surface area contributed by atoms with E-state index >= 15 is 0 Å². The smallest absolute Gasteiger partial charge is 0.0921 e. The predicted molar refractivity (Wildman–Crippen MR) is 35.8 cm³/mol. The van der Waals surface area contributed by atoms with Crippen LogP contribution in [-0.2, 0) is 4.74 Å². The van der Waals surface area contributed by atoms with Crippen LogP contribution in [0, 0.1) is 12.0 Å². The molecule has 1 aliphatic carbocycles. The van der Waals surface area contributed by atoms with Crippen molar-refractivity contribution in [3.63, 3.8) is 0 Å². The van der Waals surface area contributed by atoms with Crippen molar-refractivity contribution >= 4 is 0 Å². The summed E-state index contributed by atoms with van der Waals surface area (Å²) < 4.78 is 5.09. The van der Waals surface area contributed by atoms with Gasteiger partial charge in [-0.3, -0.25) is 0 Å². The third kappa shape index (κ3) is 0.877. The van der Waals surface area contributed by atoms with Crippen molar-refractivity contribution in [2.24, 2.45) is 5.41 Å². The highest BCUT2D eigenvalue weighted by Gasteiger charge is 2.39. The molecule has 0 aromatic rings. The highest BCUT2D eigenvalue weighted by atomic mass is 16.5. The zero-order chi connectivity index (χ0) is 6.16. The van der Waals surface area contributed by atoms with E-state index in [0.29, 0.717) is 5.41 Å². The van der Waals surface area contributed by atoms with Crippen molar-refractivity contribution < 1.29 is 4.74 Å². The summed E-state index contributed by atoms with van der Waals surface area (Å²) in [5.41, 5.74) is 0.554. The standard InChI is InChI=1S/C8H13O/c1-2-4-8(5-3-1)6-9-7-8/h6H,1-5,7H2. The van der Waals surface area contributed by atoms with Gasteiger partial charge >= 0.3 is 0 Å². The molecule has 2 aliphatic rings. The Hall–Kier alpha value is -0.0400. The van der Waals surface area contributed by atoms with Crippen LogP contribution in [0.25, 0.3) is 0 Å². The van der Waals surface area contributed by atoms with E-state index in [1.165, 1.54) is 32.1 Å². The second-order valence-electron chi connectivity index (χ2n) is 3.35. The number of hydrogen-bond donors (Lipinski definition) is 0. The molecule has 9 heavy (non-hydrogen) atoms. The summed E-state index contributed by atoms with van der Waals surface area (Å²) in [4.78, 5) is 0. The number of rotatable bonds is 0. The van der Waals surface area contributed by atoms with Gasteiger partial charge in [-0.2, -0.15) is 0 Å². The number of hydrogen-bond acceptors (Lipinski definition) is 1. The molecular weight excluding hydrogens is 112 g/mol. The Morgan fingerprint density at radius 3 is 2.11 bits per heavy atom. The Morgan fingerprint density at radius 2 is 1.78 bits per heavy atom. The van der Waals surface area contributed by atoms with Crippen LogP contribution in [0.1, 0.15) is 32.1 Å². The lowest BCUT2D eigenvalue weighted by molar-refractivity contribution is -0.0706. The molecule has 1 heterocycles. The largest absolute Gasteiger partial charge is 0.374 e. The normalized spacial score (nSPS) is 32.0. The maximum atomic E-state index is 5.09. The Balaban J connectivity index is 1.93. The van der Waals surface area contributed by atoms with Gasteiger partial charge in [0.05, 0.1) is 13.2 Å². The molecule has 0 unspecified atom stereocenters. The molecule has 1 nitrogen and oxygen atoms in total. The molecule has 1 saturated carbocycles. The van der Waals surface area contributed by atoms with Gasteiger partial charge in [0, 0.05) is 5.41 Å². The summed E-state index contributed by atoms with van der Waals surface area (Å²) >= 11 is 0. The van der Waals surface area contributed by atoms with Gasteiger partial charge in [0.15, 0.2) is 0 Å². The van der Waals surface area contributed by atoms with Crippen molar-refractivity contribution in [1.82, 2.24) is 0 Å². The molecule has 1 saturated heterocycles. The van der Waals surface area contributed by atoms with E-state index in [1.54, 1.807) is 0 Å². The van der Waals surface area contributed by atoms with Crippen molar-refractivity contribution in [3.8, 4) is 0 Å². The third-order valence-electron chi connectivity index (χ3n) is 2.55. The minimum Gasteiger partial charge on any atom is -0.374 e. The molecule has 1 aliphatic heterocycles. The van der Waals surface area contributed by atoms with Gasteiger partial charge in [-0.15, -0.1) is 0 Å². The lowest BCUT2D eigenvalue weighted by Crippen LogP contribution is -2.39. The summed E-state index contributed by atoms with van der Waals surface area (Å²) in [6, 6.07) is 0. The fourth-order valence-electron chi connectivity index (χ4n) is 1.84. The van der Waals surface area contributed by atoms with Gasteiger partial charge in [-0.25, -0.2) is 0 Å². The van der Waals surface area contributed by atoms with Crippen LogP contribution in [0.3, 0.4) is 0 Å². The van der Waals surface area contributed by atoms with Crippen LogP contribution >= 0.6 is 0 Å². The number of ether oxygens (including phenoxy) is 1. The summed E-state index contributed by atoms with van der Waals surface area (Å²) in [6.07, 6.45) is 7.04. The highest BCUT2D eigenvalue weighted by molar-refractivity contribution is 4.95. The quantitative estimate of drug-likeness (QED) is 0.482. The van der Waals surface area contributed by atoms with E-state index in [1.807, 2.05) is 0 Å². The molecule has 2 rings (SSSR count). The van der Waals surface area contributed by atoms with Gasteiger partial charge in [0.1, 0.15) is 0 Å². The maximum Gasteiger partial charge on any atom is 0.0921 e. The highest BCUT2D eigenvalue weighted by Crippen LogP contribution is 2.44. The Morgan fingerprint density at radius 1 is 1.11 bits per heavy atom. The van der Waals surface area contributed by atoms with Gasteiger partial charge in [-0.05, 0) is 12.8 Å². The Bertz CT molecular complexity index is 97.1. The van der Waals surface area contributed by atoms with E-state index in [9.17, 15) is 0 Å². The van der Waals surface area contributed by atoms with Crippen molar-refractivity contribution in [2.75, 3.05) is 6.61 Å². The maximum absolute atomic E-state index is 5.09. The first-order valence-corrected chi connectivity index (χ1v) is 3.87. The van der Waals surface area contributed by atoms with E-state index < -0.39 is 0 Å². The minimum atomic E-state index is 0.554. The first-order chi connectivity index (χ1) is 4.41. The van der Waals surface area contributed by atoms with Crippen LogP contribution in [0.2, 0.25) is 0 Å². The zero-order valence-electron chi connectivity index (χ0n) is 5.73. The molecule has 51 valence electrons. The average molecular weight is 125 g/mol. The van der Waals surface area contributed by atoms with Gasteiger partial charge in [0.25, 0.3) is 0 Å². The third-order valence-corrected chi connectivity index (χ3v) is 2.55. The molecule has 0 N–H and O–H groups in total. The summed E-state index contributed by atoms with van der Waals surface area (Å²) in [7, 11) is 0. The second-order valence-corrected chi connectivity index (χ2v) is 3.35. The average Bonchev–Trinajstić information content (AvgIpc) is 1.87. The summed E-state index contributed by atoms with van der Waals surface area (Å²) in [5, 5.41) is 0. The molecular formula is C8H13O. The van der Waals surface area contributed by atoms with Gasteiger partial charge in [0.2, 0.25) is 0 Å². The molecule has 0 aromatic carbocycles. The molecule has 1 radical (unpaired) electrons. The lowest BCUT2D eigenvalue weighted by Gasteiger charge is -2.43. The van der Waals surface area contributed by atoms with Crippen LogP contribution in [-0.4, -0.2) is 6.61 Å². The minimum absolute atomic E-state index is 0.554. The molecule has 1 heteroatoms. The molecule has 0 bridgehead atoms. The Kier molecular flexibility index (Phi) is 1.26. The SMILES string of the molecule is [CH]1OCC12CCCCC2. The summed E-state index contributed by atoms with van der Waals surface area (Å²) in [6.45, 7) is 3.07. The van der Waals surface area contributed by atoms with Crippen LogP contribution in [0.4, 0.5) is 0 Å². The Labute approximate surface area is 56.4 Å². The first kappa shape index (κ1) is 5.72. The monoisotopic (exact) mass is 125 g/mol. The molecule has 0 aromatic heterocycles. The predicted octanol–water partition coefficient (Wildman–Crippen LogP) is 2.13. The van der Waals surface area contributed by atoms with Crippen LogP contribution < -0.4 is 0 Å². The lowest BCUT2D eigenvalue weighted by atomic mass is 9.73. The second kappa shape index (κ2) is 1.98. The van der Waals surface area contributed by atoms with Crippen LogP contribution in [0.5, 0.6) is 0 Å². The molecule has 0 atom stereocenters. The van der Waals surface area contributed by atoms with E-state index in [-0.39, 0.29) is 0 Å². The zero-order valence-corrected chi connectivity index (χ0v) is 5.73. The topological polar surface area (TPSA) is 9.23 Å². The van der Waals surface area contributed by atoms with E-state index in [4.69, 9.17) is 4.74 Å². The van der Waals surface area contributed by atoms with Gasteiger partial charge in [-0.1, -0.05) is 19.3 Å². The van der Waals surface area contributed by atoms with E-state index in [0.717, 1.165) is 6.61 Å². The molecule has 1 spiro atoms.